The molecule has 0 radical (unpaired) electrons. The maximum absolute atomic E-state index is 11.7. The zero-order chi connectivity index (χ0) is 16.7. The number of carbonyl (C=O) groups excluding carboxylic acids is 1. The molecule has 0 atom stereocenters. The number of carbonyl (C=O) groups is 1. The number of anilines is 1. The van der Waals surface area contributed by atoms with Crippen LogP contribution in [0.25, 0.3) is 0 Å². The fourth-order valence-corrected chi connectivity index (χ4v) is 3.19. The summed E-state index contributed by atoms with van der Waals surface area (Å²) in [7, 11) is 0. The maximum Gasteiger partial charge on any atom is 0.338 e. The van der Waals surface area contributed by atoms with Crippen LogP contribution in [0, 0.1) is 6.92 Å². The number of aryl methyl sites for hydroxylation is 1. The second kappa shape index (κ2) is 8.87. The molecule has 1 aromatic carbocycles. The summed E-state index contributed by atoms with van der Waals surface area (Å²) in [5.41, 5.74) is 2.46. The van der Waals surface area contributed by atoms with E-state index in [9.17, 15) is 4.79 Å². The third kappa shape index (κ3) is 5.50. The third-order valence-electron chi connectivity index (χ3n) is 4.18. The molecule has 0 spiro atoms. The summed E-state index contributed by atoms with van der Waals surface area (Å²) < 4.78 is 5.02. The van der Waals surface area contributed by atoms with Gasteiger partial charge in [-0.3, -0.25) is 0 Å². The average Bonchev–Trinajstić information content (AvgIpc) is 2.78. The molecule has 5 heteroatoms. The number of thiocarbonyl (C=S) groups is 1. The number of rotatable bonds is 4. The van der Waals surface area contributed by atoms with Crippen molar-refractivity contribution in [1.29, 1.82) is 0 Å². The molecule has 0 amide bonds. The Balaban J connectivity index is 1.93. The molecule has 4 nitrogen and oxygen atoms in total. The Kier molecular flexibility index (Phi) is 6.84. The Hall–Kier alpha value is -1.62. The minimum atomic E-state index is -0.290. The predicted molar refractivity (Wildman–Crippen MR) is 98.0 cm³/mol. The van der Waals surface area contributed by atoms with Crippen LogP contribution in [-0.2, 0) is 4.74 Å². The fraction of sp³-hybridized carbons (Fsp3) is 0.556. The van der Waals surface area contributed by atoms with Gasteiger partial charge in [0.2, 0.25) is 0 Å². The summed E-state index contributed by atoms with van der Waals surface area (Å²) in [4.78, 5) is 11.7. The van der Waals surface area contributed by atoms with Crippen molar-refractivity contribution in [3.8, 4) is 0 Å². The normalized spacial score (nSPS) is 15.6. The lowest BCUT2D eigenvalue weighted by Gasteiger charge is -2.20. The van der Waals surface area contributed by atoms with Crippen molar-refractivity contribution in [3.05, 3.63) is 29.3 Å². The van der Waals surface area contributed by atoms with Crippen LogP contribution in [0.15, 0.2) is 18.2 Å². The van der Waals surface area contributed by atoms with Gasteiger partial charge in [-0.05, 0) is 62.7 Å². The van der Waals surface area contributed by atoms with Crippen LogP contribution in [0.2, 0.25) is 0 Å². The molecule has 0 aromatic heterocycles. The number of ether oxygens (including phenoxy) is 1. The Labute approximate surface area is 144 Å². The average molecular weight is 334 g/mol. The van der Waals surface area contributed by atoms with Gasteiger partial charge >= 0.3 is 5.97 Å². The highest BCUT2D eigenvalue weighted by Crippen LogP contribution is 2.19. The number of esters is 1. The van der Waals surface area contributed by atoms with E-state index in [-0.39, 0.29) is 5.97 Å². The Morgan fingerprint density at radius 3 is 2.57 bits per heavy atom. The highest BCUT2D eigenvalue weighted by atomic mass is 32.1. The summed E-state index contributed by atoms with van der Waals surface area (Å²) in [5.74, 6) is -0.290. The van der Waals surface area contributed by atoms with Gasteiger partial charge in [-0.15, -0.1) is 0 Å². The van der Waals surface area contributed by atoms with E-state index in [0.717, 1.165) is 11.3 Å². The van der Waals surface area contributed by atoms with Crippen molar-refractivity contribution in [2.45, 2.75) is 58.4 Å². The van der Waals surface area contributed by atoms with Crippen LogP contribution in [-0.4, -0.2) is 23.7 Å². The van der Waals surface area contributed by atoms with E-state index in [0.29, 0.717) is 23.3 Å². The molecule has 0 saturated heterocycles. The van der Waals surface area contributed by atoms with Gasteiger partial charge in [-0.1, -0.05) is 25.7 Å². The first-order valence-corrected chi connectivity index (χ1v) is 8.86. The zero-order valence-electron chi connectivity index (χ0n) is 14.0. The van der Waals surface area contributed by atoms with Gasteiger partial charge < -0.3 is 15.4 Å². The minimum absolute atomic E-state index is 0.290. The van der Waals surface area contributed by atoms with E-state index >= 15 is 0 Å². The van der Waals surface area contributed by atoms with Crippen LogP contribution in [0.1, 0.15) is 61.4 Å². The van der Waals surface area contributed by atoms with Crippen molar-refractivity contribution in [2.24, 2.45) is 0 Å². The van der Waals surface area contributed by atoms with Crippen molar-refractivity contribution in [1.82, 2.24) is 5.32 Å². The Morgan fingerprint density at radius 2 is 1.96 bits per heavy atom. The zero-order valence-corrected chi connectivity index (χ0v) is 14.8. The van der Waals surface area contributed by atoms with Gasteiger partial charge in [0.15, 0.2) is 5.11 Å². The molecular weight excluding hydrogens is 308 g/mol. The first-order valence-electron chi connectivity index (χ1n) is 8.45. The molecule has 1 saturated carbocycles. The standard InChI is InChI=1S/C18H26N2O2S/c1-3-22-17(21)14-10-11-16(13(2)12-14)20-18(23)19-15-8-6-4-5-7-9-15/h10-12,15H,3-9H2,1-2H3,(H2,19,20,23). The summed E-state index contributed by atoms with van der Waals surface area (Å²) in [6, 6.07) is 5.94. The largest absolute Gasteiger partial charge is 0.462 e. The lowest BCUT2D eigenvalue weighted by Crippen LogP contribution is -2.37. The smallest absolute Gasteiger partial charge is 0.338 e. The topological polar surface area (TPSA) is 50.4 Å². The molecule has 1 fully saturated rings. The quantitative estimate of drug-likeness (QED) is 0.491. The SMILES string of the molecule is CCOC(=O)c1ccc(NC(=S)NC2CCCCCC2)c(C)c1. The van der Waals surface area contributed by atoms with Gasteiger partial charge in [0.25, 0.3) is 0 Å². The Morgan fingerprint density at radius 1 is 1.26 bits per heavy atom. The van der Waals surface area contributed by atoms with Crippen LogP contribution in [0.4, 0.5) is 5.69 Å². The summed E-state index contributed by atoms with van der Waals surface area (Å²) >= 11 is 5.43. The van der Waals surface area contributed by atoms with E-state index < -0.39 is 0 Å². The summed E-state index contributed by atoms with van der Waals surface area (Å²) in [6.07, 6.45) is 7.56. The Bertz CT molecular complexity index is 552. The fourth-order valence-electron chi connectivity index (χ4n) is 2.91. The van der Waals surface area contributed by atoms with Crippen molar-refractivity contribution in [2.75, 3.05) is 11.9 Å². The first kappa shape index (κ1) is 17.7. The van der Waals surface area contributed by atoms with Gasteiger partial charge in [0.05, 0.1) is 12.2 Å². The molecule has 0 unspecified atom stereocenters. The molecule has 1 aliphatic rings. The van der Waals surface area contributed by atoms with E-state index in [1.54, 1.807) is 13.0 Å². The number of benzene rings is 1. The highest BCUT2D eigenvalue weighted by molar-refractivity contribution is 7.80. The molecule has 0 aliphatic heterocycles. The second-order valence-electron chi connectivity index (χ2n) is 6.04. The molecule has 2 rings (SSSR count). The number of nitrogens with one attached hydrogen (secondary N) is 2. The van der Waals surface area contributed by atoms with Gasteiger partial charge in [0.1, 0.15) is 0 Å². The molecule has 23 heavy (non-hydrogen) atoms. The maximum atomic E-state index is 11.7. The van der Waals surface area contributed by atoms with E-state index in [1.165, 1.54) is 38.5 Å². The van der Waals surface area contributed by atoms with E-state index in [1.807, 2.05) is 19.1 Å². The monoisotopic (exact) mass is 334 g/mol. The van der Waals surface area contributed by atoms with Gasteiger partial charge in [0, 0.05) is 11.7 Å². The lowest BCUT2D eigenvalue weighted by atomic mass is 10.1. The van der Waals surface area contributed by atoms with Crippen molar-refractivity contribution < 1.29 is 9.53 Å². The molecule has 1 aromatic rings. The first-order chi connectivity index (χ1) is 11.1. The third-order valence-corrected chi connectivity index (χ3v) is 4.40. The summed E-state index contributed by atoms with van der Waals surface area (Å²) in [5, 5.41) is 7.32. The van der Waals surface area contributed by atoms with Gasteiger partial charge in [-0.25, -0.2) is 4.79 Å². The lowest BCUT2D eigenvalue weighted by molar-refractivity contribution is 0.0526. The minimum Gasteiger partial charge on any atom is -0.462 e. The second-order valence-corrected chi connectivity index (χ2v) is 6.45. The van der Waals surface area contributed by atoms with Crippen LogP contribution < -0.4 is 10.6 Å². The van der Waals surface area contributed by atoms with Crippen molar-refractivity contribution in [3.63, 3.8) is 0 Å². The molecule has 0 heterocycles. The molecule has 0 bridgehead atoms. The van der Waals surface area contributed by atoms with Crippen LogP contribution >= 0.6 is 12.2 Å². The number of hydrogen-bond acceptors (Lipinski definition) is 3. The van der Waals surface area contributed by atoms with Crippen molar-refractivity contribution >= 4 is 29.0 Å². The molecule has 1 aliphatic carbocycles. The number of hydrogen-bond donors (Lipinski definition) is 2. The summed E-state index contributed by atoms with van der Waals surface area (Å²) in [6.45, 7) is 4.14. The molecule has 2 N–H and O–H groups in total. The molecule has 126 valence electrons. The van der Waals surface area contributed by atoms with E-state index in [4.69, 9.17) is 17.0 Å². The van der Waals surface area contributed by atoms with E-state index in [2.05, 4.69) is 10.6 Å². The van der Waals surface area contributed by atoms with Crippen LogP contribution in [0.3, 0.4) is 0 Å². The highest BCUT2D eigenvalue weighted by Gasteiger charge is 2.14. The van der Waals surface area contributed by atoms with Gasteiger partial charge in [-0.2, -0.15) is 0 Å². The predicted octanol–water partition coefficient (Wildman–Crippen LogP) is 4.18. The molecular formula is C18H26N2O2S. The van der Waals surface area contributed by atoms with Crippen LogP contribution in [0.5, 0.6) is 0 Å².